The second kappa shape index (κ2) is 17.1. The minimum Gasteiger partial charge on any atom is -0.0984 e. The fourth-order valence-corrected chi connectivity index (χ4v) is 3.98. The Kier molecular flexibility index (Phi) is 16.7. The van der Waals surface area contributed by atoms with E-state index in [9.17, 15) is 0 Å². The molecule has 0 bridgehead atoms. The zero-order valence-corrected chi connectivity index (χ0v) is 20.5. The summed E-state index contributed by atoms with van der Waals surface area (Å²) in [5, 5.41) is 0.983. The summed E-state index contributed by atoms with van der Waals surface area (Å²) in [6.07, 6.45) is 20.5. The summed E-state index contributed by atoms with van der Waals surface area (Å²) < 4.78 is 0. The summed E-state index contributed by atoms with van der Waals surface area (Å²) in [6.45, 7) is 17.6. The quantitative estimate of drug-likeness (QED) is 0.176. The van der Waals surface area contributed by atoms with Gasteiger partial charge in [-0.1, -0.05) is 122 Å². The number of rotatable bonds is 16. The average molecular weight is 407 g/mol. The van der Waals surface area contributed by atoms with E-state index in [0.717, 1.165) is 29.4 Å². The van der Waals surface area contributed by atoms with Crippen LogP contribution in [0.1, 0.15) is 112 Å². The van der Waals surface area contributed by atoms with E-state index in [1.165, 1.54) is 68.9 Å². The molecule has 2 unspecified atom stereocenters. The maximum Gasteiger partial charge on any atom is 0.0287 e. The minimum atomic E-state index is 0.387. The lowest BCUT2D eigenvalue weighted by Crippen LogP contribution is -2.05. The Hall–Kier alpha value is -0.750. The van der Waals surface area contributed by atoms with Crippen molar-refractivity contribution in [1.82, 2.24) is 0 Å². The van der Waals surface area contributed by atoms with Crippen LogP contribution in [0.5, 0.6) is 0 Å². The van der Waals surface area contributed by atoms with E-state index >= 15 is 0 Å². The molecule has 0 saturated heterocycles. The highest BCUT2D eigenvalue weighted by Crippen LogP contribution is 2.33. The summed E-state index contributed by atoms with van der Waals surface area (Å²) in [4.78, 5) is 0. The Bertz CT molecular complexity index is 506. The van der Waals surface area contributed by atoms with Gasteiger partial charge >= 0.3 is 0 Å². The van der Waals surface area contributed by atoms with Gasteiger partial charge in [0, 0.05) is 5.03 Å². The number of hydrogen-bond acceptors (Lipinski definition) is 0. The molecule has 0 aliphatic carbocycles. The third-order valence-electron chi connectivity index (χ3n) is 6.00. The highest BCUT2D eigenvalue weighted by molar-refractivity contribution is 6.30. The molecular formula is C27H47Cl. The van der Waals surface area contributed by atoms with Crippen molar-refractivity contribution in [2.45, 2.75) is 112 Å². The van der Waals surface area contributed by atoms with Crippen molar-refractivity contribution in [2.24, 2.45) is 11.8 Å². The molecule has 0 nitrogen and oxygen atoms in total. The lowest BCUT2D eigenvalue weighted by molar-refractivity contribution is 0.383. The highest BCUT2D eigenvalue weighted by atomic mass is 35.5. The van der Waals surface area contributed by atoms with Crippen LogP contribution in [0.15, 0.2) is 46.6 Å². The van der Waals surface area contributed by atoms with E-state index in [1.807, 2.05) is 6.08 Å². The third-order valence-corrected chi connectivity index (χ3v) is 6.57. The van der Waals surface area contributed by atoms with Crippen molar-refractivity contribution in [2.75, 3.05) is 0 Å². The average Bonchev–Trinajstić information content (AvgIpc) is 2.71. The van der Waals surface area contributed by atoms with E-state index in [0.29, 0.717) is 5.92 Å². The van der Waals surface area contributed by atoms with Crippen LogP contribution < -0.4 is 0 Å². The largest absolute Gasteiger partial charge is 0.0984 e. The van der Waals surface area contributed by atoms with Gasteiger partial charge in [-0.25, -0.2) is 0 Å². The maximum absolute atomic E-state index is 6.90. The van der Waals surface area contributed by atoms with Crippen LogP contribution in [0, 0.1) is 11.8 Å². The molecule has 162 valence electrons. The van der Waals surface area contributed by atoms with Crippen molar-refractivity contribution >= 4 is 11.6 Å². The molecule has 28 heavy (non-hydrogen) atoms. The van der Waals surface area contributed by atoms with E-state index in [4.69, 9.17) is 11.6 Å². The van der Waals surface area contributed by atoms with Crippen LogP contribution in [0.4, 0.5) is 0 Å². The Morgan fingerprint density at radius 1 is 0.929 bits per heavy atom. The van der Waals surface area contributed by atoms with Gasteiger partial charge in [-0.05, 0) is 55.6 Å². The Morgan fingerprint density at radius 3 is 2.14 bits per heavy atom. The molecule has 0 aliphatic heterocycles. The Balaban J connectivity index is 5.03. The second-order valence-corrected chi connectivity index (χ2v) is 8.69. The fraction of sp³-hybridized carbons (Fsp3) is 0.704. The highest BCUT2D eigenvalue weighted by Gasteiger charge is 2.16. The van der Waals surface area contributed by atoms with Gasteiger partial charge in [0.2, 0.25) is 0 Å². The van der Waals surface area contributed by atoms with Crippen LogP contribution in [0.2, 0.25) is 0 Å². The van der Waals surface area contributed by atoms with Gasteiger partial charge in [-0.2, -0.15) is 0 Å². The zero-order valence-electron chi connectivity index (χ0n) is 19.7. The molecule has 0 aromatic heterocycles. The molecule has 0 aromatic rings. The van der Waals surface area contributed by atoms with Crippen molar-refractivity contribution < 1.29 is 0 Å². The van der Waals surface area contributed by atoms with Gasteiger partial charge in [0.1, 0.15) is 0 Å². The normalized spacial score (nSPS) is 16.0. The monoisotopic (exact) mass is 406 g/mol. The van der Waals surface area contributed by atoms with E-state index in [-0.39, 0.29) is 0 Å². The van der Waals surface area contributed by atoms with Crippen LogP contribution in [0.25, 0.3) is 0 Å². The number of allylic oxidation sites excluding steroid dienone is 7. The van der Waals surface area contributed by atoms with Gasteiger partial charge in [-0.15, -0.1) is 0 Å². The van der Waals surface area contributed by atoms with Crippen LogP contribution in [-0.2, 0) is 0 Å². The molecule has 0 aromatic carbocycles. The van der Waals surface area contributed by atoms with Gasteiger partial charge < -0.3 is 0 Å². The molecular weight excluding hydrogens is 360 g/mol. The Morgan fingerprint density at radius 2 is 1.61 bits per heavy atom. The first-order valence-electron chi connectivity index (χ1n) is 11.8. The standard InChI is InChI=1S/C27H47Cl/c1-8-13-15-16-17-18-24(11-4)21-20-23(7)27(28)25(12-5)26(19-14-9-2)22(6)10-3/h12,14,19,23-24H,5,8-11,13,15-18,20-21H2,1-4,6-7H3/b19-14-,26-22+,27-25-. The van der Waals surface area contributed by atoms with Gasteiger partial charge in [-0.3, -0.25) is 0 Å². The van der Waals surface area contributed by atoms with Crippen molar-refractivity contribution in [3.05, 3.63) is 46.6 Å². The minimum absolute atomic E-state index is 0.387. The van der Waals surface area contributed by atoms with Gasteiger partial charge in [0.05, 0.1) is 0 Å². The molecule has 0 amide bonds. The number of hydrogen-bond donors (Lipinski definition) is 0. The van der Waals surface area contributed by atoms with Crippen LogP contribution >= 0.6 is 11.6 Å². The van der Waals surface area contributed by atoms with Crippen LogP contribution in [-0.4, -0.2) is 0 Å². The summed E-state index contributed by atoms with van der Waals surface area (Å²) >= 11 is 6.90. The second-order valence-electron chi connectivity index (χ2n) is 8.28. The molecule has 1 heteroatoms. The molecule has 0 spiro atoms. The SMILES string of the molecule is C=CC(=C(/Cl)C(C)CCC(CC)CCCCCCC)/C(/C=C\CC)=C(\C)CC. The van der Waals surface area contributed by atoms with Crippen molar-refractivity contribution in [3.8, 4) is 0 Å². The topological polar surface area (TPSA) is 0 Å². The molecule has 0 heterocycles. The molecule has 0 aliphatic rings. The molecule has 0 N–H and O–H groups in total. The Labute approximate surface area is 182 Å². The lowest BCUT2D eigenvalue weighted by Gasteiger charge is -2.20. The van der Waals surface area contributed by atoms with E-state index in [1.54, 1.807) is 0 Å². The molecule has 2 atom stereocenters. The van der Waals surface area contributed by atoms with Crippen molar-refractivity contribution in [1.29, 1.82) is 0 Å². The zero-order chi connectivity index (χ0) is 21.4. The smallest absolute Gasteiger partial charge is 0.0287 e. The number of halogens is 1. The van der Waals surface area contributed by atoms with Crippen LogP contribution in [0.3, 0.4) is 0 Å². The van der Waals surface area contributed by atoms with E-state index in [2.05, 4.69) is 60.3 Å². The number of unbranched alkanes of at least 4 members (excludes halogenated alkanes) is 4. The summed E-state index contributed by atoms with van der Waals surface area (Å²) in [7, 11) is 0. The van der Waals surface area contributed by atoms with Gasteiger partial charge in [0.25, 0.3) is 0 Å². The molecule has 0 saturated carbocycles. The molecule has 0 rings (SSSR count). The maximum atomic E-state index is 6.90. The molecule has 0 radical (unpaired) electrons. The predicted molar refractivity (Wildman–Crippen MR) is 131 cm³/mol. The summed E-state index contributed by atoms with van der Waals surface area (Å²) in [5.74, 6) is 1.23. The summed E-state index contributed by atoms with van der Waals surface area (Å²) in [6, 6.07) is 0. The van der Waals surface area contributed by atoms with Gasteiger partial charge in [0.15, 0.2) is 0 Å². The third kappa shape index (κ3) is 10.7. The first kappa shape index (κ1) is 27.2. The molecule has 0 fully saturated rings. The van der Waals surface area contributed by atoms with E-state index < -0.39 is 0 Å². The van der Waals surface area contributed by atoms with Crippen molar-refractivity contribution in [3.63, 3.8) is 0 Å². The first-order chi connectivity index (χ1) is 13.5. The summed E-state index contributed by atoms with van der Waals surface area (Å²) in [5.41, 5.74) is 3.77. The predicted octanol–water partition coefficient (Wildman–Crippen LogP) is 10.2. The first-order valence-corrected chi connectivity index (χ1v) is 12.2. The fourth-order valence-electron chi connectivity index (χ4n) is 3.69. The lowest BCUT2D eigenvalue weighted by atomic mass is 9.88.